The Morgan fingerprint density at radius 3 is 2.50 bits per heavy atom. The van der Waals surface area contributed by atoms with Gasteiger partial charge >= 0.3 is 0 Å². The quantitative estimate of drug-likeness (QED) is 0.614. The van der Waals surface area contributed by atoms with Crippen molar-refractivity contribution in [2.45, 2.75) is 19.1 Å². The summed E-state index contributed by atoms with van der Waals surface area (Å²) in [4.78, 5) is 25.1. The van der Waals surface area contributed by atoms with Gasteiger partial charge in [0.15, 0.2) is 0 Å². The number of benzene rings is 2. The van der Waals surface area contributed by atoms with E-state index in [0.717, 1.165) is 5.69 Å². The fraction of sp³-hybridized carbons (Fsp3) is 0.238. The number of carbonyl (C=O) groups excluding carboxylic acids is 1. The summed E-state index contributed by atoms with van der Waals surface area (Å²) in [5, 5.41) is 2.74. The number of aromatic nitrogens is 2. The van der Waals surface area contributed by atoms with Crippen LogP contribution in [0.15, 0.2) is 59.4 Å². The number of halogens is 1. The van der Waals surface area contributed by atoms with Crippen LogP contribution < -0.4 is 10.9 Å². The van der Waals surface area contributed by atoms with Crippen molar-refractivity contribution in [2.24, 2.45) is 7.05 Å². The van der Waals surface area contributed by atoms with Gasteiger partial charge in [0.25, 0.3) is 5.56 Å². The number of hydrogen-bond donors (Lipinski definition) is 1. The number of rotatable bonds is 7. The molecule has 0 aliphatic carbocycles. The summed E-state index contributed by atoms with van der Waals surface area (Å²) >= 11 is 1.48. The molecule has 0 saturated heterocycles. The van der Waals surface area contributed by atoms with Crippen molar-refractivity contribution < 1.29 is 9.18 Å². The molecule has 3 aromatic rings. The molecular weight excluding hydrogens is 377 g/mol. The Kier molecular flexibility index (Phi) is 6.36. The van der Waals surface area contributed by atoms with Crippen molar-refractivity contribution >= 4 is 23.4 Å². The van der Waals surface area contributed by atoms with Crippen LogP contribution in [0.2, 0.25) is 0 Å². The maximum atomic E-state index is 13.6. The molecule has 0 unspecified atom stereocenters. The second kappa shape index (κ2) is 8.93. The van der Waals surface area contributed by atoms with Crippen LogP contribution in [0.3, 0.4) is 0 Å². The Balaban J connectivity index is 1.62. The van der Waals surface area contributed by atoms with Crippen molar-refractivity contribution in [2.75, 3.05) is 11.1 Å². The fourth-order valence-electron chi connectivity index (χ4n) is 2.88. The first-order chi connectivity index (χ1) is 13.5. The molecule has 1 N–H and O–H groups in total. The van der Waals surface area contributed by atoms with E-state index in [0.29, 0.717) is 22.8 Å². The fourth-order valence-corrected chi connectivity index (χ4v) is 3.80. The van der Waals surface area contributed by atoms with Crippen LogP contribution in [0, 0.1) is 12.7 Å². The number of carbonyl (C=O) groups is 1. The van der Waals surface area contributed by atoms with Crippen LogP contribution in [-0.2, 0) is 17.6 Å². The van der Waals surface area contributed by atoms with Crippen LogP contribution in [0.5, 0.6) is 0 Å². The molecule has 28 heavy (non-hydrogen) atoms. The highest BCUT2D eigenvalue weighted by Gasteiger charge is 2.17. The summed E-state index contributed by atoms with van der Waals surface area (Å²) in [5.74, 6) is 0.581. The standard InChI is InChI=1S/C21H22FN3O2S/c1-15-20(21(27)25(24(15)2)17-9-4-3-5-10-17)23-19(26)12-13-28-14-16-8-6-7-11-18(16)22/h3-11H,12-14H2,1-2H3,(H,23,26). The molecule has 1 aromatic heterocycles. The van der Waals surface area contributed by atoms with Gasteiger partial charge in [0.2, 0.25) is 5.91 Å². The summed E-state index contributed by atoms with van der Waals surface area (Å²) in [7, 11) is 1.78. The van der Waals surface area contributed by atoms with E-state index < -0.39 is 0 Å². The molecule has 0 aliphatic heterocycles. The van der Waals surface area contributed by atoms with Gasteiger partial charge in [-0.1, -0.05) is 36.4 Å². The average Bonchev–Trinajstić information content (AvgIpc) is 2.90. The predicted octanol–water partition coefficient (Wildman–Crippen LogP) is 3.89. The predicted molar refractivity (Wildman–Crippen MR) is 112 cm³/mol. The third kappa shape index (κ3) is 4.36. The van der Waals surface area contributed by atoms with Crippen LogP contribution in [0.1, 0.15) is 17.7 Å². The lowest BCUT2D eigenvalue weighted by molar-refractivity contribution is -0.115. The third-order valence-electron chi connectivity index (χ3n) is 4.51. The summed E-state index contributed by atoms with van der Waals surface area (Å²) in [5.41, 5.74) is 2.06. The van der Waals surface area contributed by atoms with Crippen molar-refractivity contribution in [3.8, 4) is 5.69 Å². The van der Waals surface area contributed by atoms with E-state index in [4.69, 9.17) is 0 Å². The third-order valence-corrected chi connectivity index (χ3v) is 5.52. The summed E-state index contributed by atoms with van der Waals surface area (Å²) in [6.45, 7) is 1.80. The van der Waals surface area contributed by atoms with Gasteiger partial charge in [-0.2, -0.15) is 11.8 Å². The van der Waals surface area contributed by atoms with Gasteiger partial charge in [0.05, 0.1) is 11.4 Å². The molecule has 2 aromatic carbocycles. The molecular formula is C21H22FN3O2S. The minimum absolute atomic E-state index is 0.230. The highest BCUT2D eigenvalue weighted by atomic mass is 32.2. The number of thioether (sulfide) groups is 1. The Labute approximate surface area is 167 Å². The molecule has 3 rings (SSSR count). The first-order valence-corrected chi connectivity index (χ1v) is 10.1. The number of amides is 1. The lowest BCUT2D eigenvalue weighted by atomic mass is 10.2. The van der Waals surface area contributed by atoms with Gasteiger partial charge in [-0.25, -0.2) is 9.07 Å². The van der Waals surface area contributed by atoms with E-state index in [1.165, 1.54) is 22.5 Å². The molecule has 0 spiro atoms. The van der Waals surface area contributed by atoms with Crippen molar-refractivity contribution in [1.82, 2.24) is 9.36 Å². The van der Waals surface area contributed by atoms with Crippen molar-refractivity contribution in [3.63, 3.8) is 0 Å². The second-order valence-electron chi connectivity index (χ2n) is 6.38. The van der Waals surface area contributed by atoms with E-state index in [1.54, 1.807) is 36.9 Å². The molecule has 0 aliphatic rings. The minimum atomic E-state index is -0.265. The van der Waals surface area contributed by atoms with Crippen molar-refractivity contribution in [1.29, 1.82) is 0 Å². The van der Waals surface area contributed by atoms with Gasteiger partial charge in [-0.05, 0) is 30.7 Å². The molecule has 0 saturated carbocycles. The molecule has 1 amide bonds. The van der Waals surface area contributed by atoms with E-state index in [9.17, 15) is 14.0 Å². The zero-order valence-electron chi connectivity index (χ0n) is 15.8. The maximum absolute atomic E-state index is 13.6. The second-order valence-corrected chi connectivity index (χ2v) is 7.48. The largest absolute Gasteiger partial charge is 0.320 e. The monoisotopic (exact) mass is 399 g/mol. The van der Waals surface area contributed by atoms with E-state index in [1.807, 2.05) is 30.3 Å². The summed E-state index contributed by atoms with van der Waals surface area (Å²) in [6, 6.07) is 15.9. The number of anilines is 1. The van der Waals surface area contributed by atoms with E-state index in [-0.39, 0.29) is 29.4 Å². The molecule has 5 nitrogen and oxygen atoms in total. The number of para-hydroxylation sites is 1. The Morgan fingerprint density at radius 1 is 1.11 bits per heavy atom. The first kappa shape index (κ1) is 19.9. The zero-order valence-corrected chi connectivity index (χ0v) is 16.6. The highest BCUT2D eigenvalue weighted by molar-refractivity contribution is 7.98. The molecule has 0 fully saturated rings. The lowest BCUT2D eigenvalue weighted by Gasteiger charge is -2.07. The molecule has 1 heterocycles. The molecule has 7 heteroatoms. The van der Waals surface area contributed by atoms with Gasteiger partial charge in [-0.15, -0.1) is 0 Å². The highest BCUT2D eigenvalue weighted by Crippen LogP contribution is 2.17. The van der Waals surface area contributed by atoms with Crippen LogP contribution in [0.4, 0.5) is 10.1 Å². The van der Waals surface area contributed by atoms with E-state index >= 15 is 0 Å². The number of nitrogens with zero attached hydrogens (tertiary/aromatic N) is 2. The van der Waals surface area contributed by atoms with Gasteiger partial charge in [0.1, 0.15) is 11.5 Å². The van der Waals surface area contributed by atoms with Gasteiger partial charge in [-0.3, -0.25) is 14.3 Å². The molecule has 146 valence electrons. The number of nitrogens with one attached hydrogen (secondary N) is 1. The van der Waals surface area contributed by atoms with Crippen molar-refractivity contribution in [3.05, 3.63) is 82.0 Å². The molecule has 0 atom stereocenters. The summed E-state index contributed by atoms with van der Waals surface area (Å²) < 4.78 is 16.8. The Morgan fingerprint density at radius 2 is 1.79 bits per heavy atom. The molecule has 0 bridgehead atoms. The Hall–Kier alpha value is -2.80. The van der Waals surface area contributed by atoms with Crippen LogP contribution >= 0.6 is 11.8 Å². The topological polar surface area (TPSA) is 56.0 Å². The maximum Gasteiger partial charge on any atom is 0.295 e. The van der Waals surface area contributed by atoms with Crippen LogP contribution in [0.25, 0.3) is 5.69 Å². The van der Waals surface area contributed by atoms with Gasteiger partial charge < -0.3 is 5.32 Å². The number of hydrogen-bond acceptors (Lipinski definition) is 3. The zero-order chi connectivity index (χ0) is 20.1. The Bertz CT molecular complexity index is 1030. The van der Waals surface area contributed by atoms with E-state index in [2.05, 4.69) is 5.32 Å². The normalized spacial score (nSPS) is 10.8. The first-order valence-electron chi connectivity index (χ1n) is 8.94. The minimum Gasteiger partial charge on any atom is -0.320 e. The van der Waals surface area contributed by atoms with Gasteiger partial charge in [0, 0.05) is 25.0 Å². The average molecular weight is 399 g/mol. The SMILES string of the molecule is Cc1c(NC(=O)CCSCc2ccccc2F)c(=O)n(-c2ccccc2)n1C. The smallest absolute Gasteiger partial charge is 0.295 e. The molecule has 0 radical (unpaired) electrons. The summed E-state index contributed by atoms with van der Waals surface area (Å²) in [6.07, 6.45) is 0.248. The lowest BCUT2D eigenvalue weighted by Crippen LogP contribution is -2.23. The van der Waals surface area contributed by atoms with Crippen LogP contribution in [-0.4, -0.2) is 21.0 Å².